The van der Waals surface area contributed by atoms with E-state index in [2.05, 4.69) is 29.4 Å². The Morgan fingerprint density at radius 3 is 2.73 bits per heavy atom. The van der Waals surface area contributed by atoms with Crippen molar-refractivity contribution in [2.45, 2.75) is 39.2 Å². The van der Waals surface area contributed by atoms with Crippen LogP contribution in [0.5, 0.6) is 0 Å². The van der Waals surface area contributed by atoms with Gasteiger partial charge < -0.3 is 10.1 Å². The van der Waals surface area contributed by atoms with Crippen LogP contribution >= 0.6 is 0 Å². The van der Waals surface area contributed by atoms with Crippen molar-refractivity contribution >= 4 is 22.6 Å². The van der Waals surface area contributed by atoms with E-state index >= 15 is 0 Å². The number of benzene rings is 1. The molecule has 2 N–H and O–H groups in total. The summed E-state index contributed by atoms with van der Waals surface area (Å²) in [7, 11) is 0. The molecule has 1 fully saturated rings. The van der Waals surface area contributed by atoms with Crippen LogP contribution in [0.2, 0.25) is 0 Å². The van der Waals surface area contributed by atoms with Crippen molar-refractivity contribution in [3.05, 3.63) is 40.3 Å². The number of H-pyrrole nitrogens is 1. The van der Waals surface area contributed by atoms with Gasteiger partial charge in [-0.25, -0.2) is 9.89 Å². The third-order valence-corrected chi connectivity index (χ3v) is 5.28. The van der Waals surface area contributed by atoms with Gasteiger partial charge in [0.15, 0.2) is 12.3 Å². The Labute approximate surface area is 151 Å². The fourth-order valence-corrected chi connectivity index (χ4v) is 3.50. The van der Waals surface area contributed by atoms with E-state index in [1.807, 2.05) is 0 Å². The van der Waals surface area contributed by atoms with Crippen LogP contribution in [0.3, 0.4) is 0 Å². The molecule has 26 heavy (non-hydrogen) atoms. The van der Waals surface area contributed by atoms with E-state index in [1.165, 1.54) is 6.42 Å². The van der Waals surface area contributed by atoms with Gasteiger partial charge in [-0.2, -0.15) is 5.10 Å². The van der Waals surface area contributed by atoms with Crippen LogP contribution in [0.1, 0.15) is 43.6 Å². The fourth-order valence-electron chi connectivity index (χ4n) is 3.50. The Kier molecular flexibility index (Phi) is 5.35. The van der Waals surface area contributed by atoms with E-state index in [9.17, 15) is 14.4 Å². The highest BCUT2D eigenvalue weighted by Crippen LogP contribution is 2.29. The molecule has 1 heterocycles. The summed E-state index contributed by atoms with van der Waals surface area (Å²) < 4.78 is 5.11. The second kappa shape index (κ2) is 7.68. The van der Waals surface area contributed by atoms with Gasteiger partial charge in [-0.1, -0.05) is 44.9 Å². The van der Waals surface area contributed by atoms with E-state index in [-0.39, 0.29) is 29.8 Å². The summed E-state index contributed by atoms with van der Waals surface area (Å²) in [6.07, 6.45) is 3.20. The number of esters is 1. The molecule has 1 aromatic carbocycles. The van der Waals surface area contributed by atoms with Gasteiger partial charge in [-0.15, -0.1) is 0 Å². The number of carbonyl (C=O) groups is 2. The van der Waals surface area contributed by atoms with E-state index in [1.54, 1.807) is 24.3 Å². The highest BCUT2D eigenvalue weighted by atomic mass is 16.5. The van der Waals surface area contributed by atoms with E-state index in [0.29, 0.717) is 22.6 Å². The van der Waals surface area contributed by atoms with E-state index in [0.717, 1.165) is 12.8 Å². The third-order valence-electron chi connectivity index (χ3n) is 5.28. The van der Waals surface area contributed by atoms with Crippen molar-refractivity contribution in [3.63, 3.8) is 0 Å². The minimum absolute atomic E-state index is 0.00680. The molecule has 0 saturated heterocycles. The lowest BCUT2D eigenvalue weighted by Crippen LogP contribution is -2.45. The number of carbonyl (C=O) groups excluding carboxylic acids is 2. The summed E-state index contributed by atoms with van der Waals surface area (Å²) in [6.45, 7) is 3.96. The summed E-state index contributed by atoms with van der Waals surface area (Å²) in [4.78, 5) is 36.2. The lowest BCUT2D eigenvalue weighted by molar-refractivity contribution is -0.125. The third kappa shape index (κ3) is 3.76. The largest absolute Gasteiger partial charge is 0.451 e. The standard InChI is InChI=1S/C19H23N3O4/c1-11-6-5-9-15(12(11)2)20-16(23)10-26-19(25)17-13-7-3-4-8-14(13)18(24)22-21-17/h3-4,7-8,11-12,15H,5-6,9-10H2,1-2H3,(H,20,23)(H,22,24)/t11-,12-,15-/m1/s1. The van der Waals surface area contributed by atoms with Crippen LogP contribution < -0.4 is 10.9 Å². The Morgan fingerprint density at radius 1 is 1.23 bits per heavy atom. The SMILES string of the molecule is C[C@@H]1[C@H](C)CCC[C@H]1NC(=O)COC(=O)c1n[nH]c(=O)c2ccccc12. The Bertz CT molecular complexity index is 876. The quantitative estimate of drug-likeness (QED) is 0.815. The van der Waals surface area contributed by atoms with Crippen molar-refractivity contribution in [3.8, 4) is 0 Å². The summed E-state index contributed by atoms with van der Waals surface area (Å²) in [5, 5.41) is 9.77. The molecule has 138 valence electrons. The van der Waals surface area contributed by atoms with Crippen molar-refractivity contribution < 1.29 is 14.3 Å². The van der Waals surface area contributed by atoms with Crippen molar-refractivity contribution in [2.24, 2.45) is 11.8 Å². The van der Waals surface area contributed by atoms with Gasteiger partial charge in [0.1, 0.15) is 0 Å². The molecule has 1 aromatic heterocycles. The molecule has 3 atom stereocenters. The zero-order valence-electron chi connectivity index (χ0n) is 15.0. The molecular formula is C19H23N3O4. The molecule has 7 heteroatoms. The van der Waals surface area contributed by atoms with E-state index < -0.39 is 5.97 Å². The van der Waals surface area contributed by atoms with Crippen LogP contribution in [0.25, 0.3) is 10.8 Å². The number of fused-ring (bicyclic) bond motifs is 1. The Morgan fingerprint density at radius 2 is 1.96 bits per heavy atom. The molecule has 1 saturated carbocycles. The lowest BCUT2D eigenvalue weighted by Gasteiger charge is -2.34. The smallest absolute Gasteiger partial charge is 0.359 e. The number of amides is 1. The minimum Gasteiger partial charge on any atom is -0.451 e. The molecule has 0 unspecified atom stereocenters. The molecule has 0 aliphatic heterocycles. The second-order valence-electron chi connectivity index (χ2n) is 6.96. The first-order valence-electron chi connectivity index (χ1n) is 8.91. The van der Waals surface area contributed by atoms with Gasteiger partial charge in [-0.05, 0) is 24.3 Å². The number of aromatic nitrogens is 2. The predicted molar refractivity (Wildman–Crippen MR) is 96.8 cm³/mol. The zero-order chi connectivity index (χ0) is 18.7. The maximum atomic E-state index is 12.3. The number of hydrogen-bond donors (Lipinski definition) is 2. The molecule has 0 spiro atoms. The van der Waals surface area contributed by atoms with Crippen molar-refractivity contribution in [1.29, 1.82) is 0 Å². The predicted octanol–water partition coefficient (Wildman–Crippen LogP) is 2.02. The summed E-state index contributed by atoms with van der Waals surface area (Å²) in [5.74, 6) is -0.0998. The van der Waals surface area contributed by atoms with Crippen LogP contribution in [0.15, 0.2) is 29.1 Å². The first-order chi connectivity index (χ1) is 12.5. The lowest BCUT2D eigenvalue weighted by atomic mass is 9.78. The number of nitrogens with one attached hydrogen (secondary N) is 2. The van der Waals surface area contributed by atoms with Crippen molar-refractivity contribution in [2.75, 3.05) is 6.61 Å². The number of aromatic amines is 1. The molecule has 2 aromatic rings. The molecule has 1 aliphatic carbocycles. The molecule has 7 nitrogen and oxygen atoms in total. The molecular weight excluding hydrogens is 334 g/mol. The molecule has 0 bridgehead atoms. The average Bonchev–Trinajstić information content (AvgIpc) is 2.64. The second-order valence-corrected chi connectivity index (χ2v) is 6.96. The molecule has 0 radical (unpaired) electrons. The first kappa shape index (κ1) is 18.1. The highest BCUT2D eigenvalue weighted by molar-refractivity contribution is 6.02. The number of nitrogens with zero attached hydrogens (tertiary/aromatic N) is 1. The fraction of sp³-hybridized carbons (Fsp3) is 0.474. The normalized spacial score (nSPS) is 22.8. The maximum absolute atomic E-state index is 12.3. The zero-order valence-corrected chi connectivity index (χ0v) is 15.0. The van der Waals surface area contributed by atoms with Crippen LogP contribution in [-0.4, -0.2) is 34.7 Å². The summed E-state index contributed by atoms with van der Waals surface area (Å²) in [6, 6.07) is 6.74. The summed E-state index contributed by atoms with van der Waals surface area (Å²) in [5.41, 5.74) is -0.386. The topological polar surface area (TPSA) is 101 Å². The van der Waals surface area contributed by atoms with Crippen LogP contribution in [0.4, 0.5) is 0 Å². The maximum Gasteiger partial charge on any atom is 0.359 e. The Hall–Kier alpha value is -2.70. The average molecular weight is 357 g/mol. The molecule has 3 rings (SSSR count). The number of hydrogen-bond acceptors (Lipinski definition) is 5. The Balaban J connectivity index is 1.63. The van der Waals surface area contributed by atoms with E-state index in [4.69, 9.17) is 4.74 Å². The van der Waals surface area contributed by atoms with Gasteiger partial charge in [0.25, 0.3) is 11.5 Å². The minimum atomic E-state index is -0.738. The van der Waals surface area contributed by atoms with Crippen LogP contribution in [0, 0.1) is 11.8 Å². The van der Waals surface area contributed by atoms with Crippen LogP contribution in [-0.2, 0) is 9.53 Å². The van der Waals surface area contributed by atoms with Gasteiger partial charge >= 0.3 is 5.97 Å². The van der Waals surface area contributed by atoms with Gasteiger partial charge in [0.05, 0.1) is 5.39 Å². The summed E-state index contributed by atoms with van der Waals surface area (Å²) >= 11 is 0. The van der Waals surface area contributed by atoms with Gasteiger partial charge in [0.2, 0.25) is 0 Å². The molecule has 1 aliphatic rings. The highest BCUT2D eigenvalue weighted by Gasteiger charge is 2.28. The molecule has 1 amide bonds. The monoisotopic (exact) mass is 357 g/mol. The van der Waals surface area contributed by atoms with Gasteiger partial charge in [-0.3, -0.25) is 9.59 Å². The number of ether oxygens (including phenoxy) is 1. The first-order valence-corrected chi connectivity index (χ1v) is 8.91. The van der Waals surface area contributed by atoms with Crippen molar-refractivity contribution in [1.82, 2.24) is 15.5 Å². The number of rotatable bonds is 4. The van der Waals surface area contributed by atoms with Gasteiger partial charge in [0, 0.05) is 11.4 Å².